The molecule has 2 aromatic rings. The summed E-state index contributed by atoms with van der Waals surface area (Å²) < 4.78 is 0. The molecule has 0 aliphatic heterocycles. The van der Waals surface area contributed by atoms with Crippen LogP contribution in [-0.4, -0.2) is 22.0 Å². The van der Waals surface area contributed by atoms with E-state index in [1.165, 1.54) is 18.3 Å². The van der Waals surface area contributed by atoms with Gasteiger partial charge in [0.25, 0.3) is 0 Å². The van der Waals surface area contributed by atoms with Gasteiger partial charge in [-0.25, -0.2) is 9.78 Å². The van der Waals surface area contributed by atoms with E-state index in [4.69, 9.17) is 5.11 Å². The zero-order chi connectivity index (χ0) is 15.1. The van der Waals surface area contributed by atoms with Crippen LogP contribution in [0, 0.1) is 0 Å². The Bertz CT molecular complexity index is 649. The summed E-state index contributed by atoms with van der Waals surface area (Å²) in [5.41, 5.74) is 1.66. The Morgan fingerprint density at radius 3 is 2.52 bits per heavy atom. The van der Waals surface area contributed by atoms with Crippen LogP contribution in [0.1, 0.15) is 21.6 Å². The minimum absolute atomic E-state index is 0.0194. The van der Waals surface area contributed by atoms with E-state index in [1.807, 2.05) is 30.3 Å². The van der Waals surface area contributed by atoms with E-state index in [1.54, 1.807) is 12.1 Å². The lowest BCUT2D eigenvalue weighted by Gasteiger charge is -2.02. The first kappa shape index (κ1) is 14.5. The van der Waals surface area contributed by atoms with Crippen LogP contribution in [0.25, 0.3) is 6.08 Å². The zero-order valence-electron chi connectivity index (χ0n) is 11.2. The Morgan fingerprint density at radius 1 is 1.14 bits per heavy atom. The highest BCUT2D eigenvalue weighted by Gasteiger charge is 2.03. The van der Waals surface area contributed by atoms with Gasteiger partial charge in [0, 0.05) is 18.8 Å². The molecule has 0 fully saturated rings. The van der Waals surface area contributed by atoms with Crippen molar-refractivity contribution in [2.45, 2.75) is 6.54 Å². The van der Waals surface area contributed by atoms with Crippen LogP contribution in [0.2, 0.25) is 0 Å². The van der Waals surface area contributed by atoms with Crippen LogP contribution in [0.15, 0.2) is 54.7 Å². The largest absolute Gasteiger partial charge is 0.477 e. The Morgan fingerprint density at radius 2 is 1.90 bits per heavy atom. The van der Waals surface area contributed by atoms with Crippen molar-refractivity contribution in [3.05, 3.63) is 71.6 Å². The van der Waals surface area contributed by atoms with Gasteiger partial charge >= 0.3 is 5.97 Å². The third-order valence-electron chi connectivity index (χ3n) is 2.74. The third-order valence-corrected chi connectivity index (χ3v) is 2.74. The number of amides is 1. The molecule has 0 spiro atoms. The molecule has 1 amide bonds. The lowest BCUT2D eigenvalue weighted by atomic mass is 10.2. The average molecular weight is 282 g/mol. The Labute approximate surface area is 122 Å². The van der Waals surface area contributed by atoms with Crippen molar-refractivity contribution in [2.75, 3.05) is 0 Å². The number of hydrogen-bond donors (Lipinski definition) is 2. The van der Waals surface area contributed by atoms with Crippen LogP contribution in [0.4, 0.5) is 0 Å². The summed E-state index contributed by atoms with van der Waals surface area (Å²) >= 11 is 0. The number of aromatic carboxylic acids is 1. The van der Waals surface area contributed by atoms with Gasteiger partial charge in [-0.1, -0.05) is 36.4 Å². The lowest BCUT2D eigenvalue weighted by molar-refractivity contribution is -0.116. The number of carboxylic acids is 1. The van der Waals surface area contributed by atoms with Crippen LogP contribution in [0.5, 0.6) is 0 Å². The number of nitrogens with one attached hydrogen (secondary N) is 1. The smallest absolute Gasteiger partial charge is 0.354 e. The van der Waals surface area contributed by atoms with Gasteiger partial charge in [0.1, 0.15) is 5.69 Å². The van der Waals surface area contributed by atoms with E-state index in [0.29, 0.717) is 6.54 Å². The Hall–Kier alpha value is -2.95. The molecular formula is C16H14N2O3. The molecule has 0 unspecified atom stereocenters. The fraction of sp³-hybridized carbons (Fsp3) is 0.0625. The van der Waals surface area contributed by atoms with Gasteiger partial charge in [0.05, 0.1) is 0 Å². The summed E-state index contributed by atoms with van der Waals surface area (Å²) in [6.07, 6.45) is 4.61. The SMILES string of the molecule is O=C(/C=C/c1ccccc1)NCc1ccc(C(=O)O)nc1. The number of hydrogen-bond acceptors (Lipinski definition) is 3. The van der Waals surface area contributed by atoms with Crippen LogP contribution >= 0.6 is 0 Å². The summed E-state index contributed by atoms with van der Waals surface area (Å²) in [6.45, 7) is 0.296. The number of benzene rings is 1. The lowest BCUT2D eigenvalue weighted by Crippen LogP contribution is -2.20. The van der Waals surface area contributed by atoms with E-state index in [0.717, 1.165) is 11.1 Å². The summed E-state index contributed by atoms with van der Waals surface area (Å²) in [4.78, 5) is 26.1. The van der Waals surface area contributed by atoms with Crippen molar-refractivity contribution in [3.8, 4) is 0 Å². The van der Waals surface area contributed by atoms with Gasteiger partial charge in [-0.3, -0.25) is 4.79 Å². The predicted octanol–water partition coefficient (Wildman–Crippen LogP) is 2.11. The van der Waals surface area contributed by atoms with E-state index < -0.39 is 5.97 Å². The second-order valence-electron chi connectivity index (χ2n) is 4.32. The molecule has 5 heteroatoms. The maximum atomic E-state index is 11.7. The first-order valence-corrected chi connectivity index (χ1v) is 6.34. The summed E-state index contributed by atoms with van der Waals surface area (Å²) in [6, 6.07) is 12.5. The number of carbonyl (C=O) groups excluding carboxylic acids is 1. The summed E-state index contributed by atoms with van der Waals surface area (Å²) in [5, 5.41) is 11.4. The second-order valence-corrected chi connectivity index (χ2v) is 4.32. The van der Waals surface area contributed by atoms with E-state index >= 15 is 0 Å². The Kier molecular flexibility index (Phi) is 4.82. The summed E-state index contributed by atoms with van der Waals surface area (Å²) in [5.74, 6) is -1.29. The van der Waals surface area contributed by atoms with Crippen molar-refractivity contribution in [3.63, 3.8) is 0 Å². The van der Waals surface area contributed by atoms with Crippen LogP contribution in [0.3, 0.4) is 0 Å². The summed E-state index contributed by atoms with van der Waals surface area (Å²) in [7, 11) is 0. The number of pyridine rings is 1. The molecule has 2 N–H and O–H groups in total. The standard InChI is InChI=1S/C16H14N2O3/c19-15(9-7-12-4-2-1-3-5-12)18-11-13-6-8-14(16(20)21)17-10-13/h1-10H,11H2,(H,18,19)(H,20,21)/b9-7+. The molecule has 0 saturated heterocycles. The molecule has 1 aromatic heterocycles. The maximum Gasteiger partial charge on any atom is 0.354 e. The number of carboxylic acid groups (broad SMARTS) is 1. The molecule has 0 atom stereocenters. The Balaban J connectivity index is 1.86. The number of rotatable bonds is 5. The van der Waals surface area contributed by atoms with Gasteiger partial charge in [0.2, 0.25) is 5.91 Å². The monoisotopic (exact) mass is 282 g/mol. The minimum Gasteiger partial charge on any atom is -0.477 e. The van der Waals surface area contributed by atoms with E-state index in [-0.39, 0.29) is 11.6 Å². The number of carbonyl (C=O) groups is 2. The van der Waals surface area contributed by atoms with Crippen LogP contribution < -0.4 is 5.32 Å². The van der Waals surface area contributed by atoms with Crippen molar-refractivity contribution in [1.82, 2.24) is 10.3 Å². The fourth-order valence-electron chi connectivity index (χ4n) is 1.64. The second kappa shape index (κ2) is 7.00. The van der Waals surface area contributed by atoms with Crippen molar-refractivity contribution in [1.29, 1.82) is 0 Å². The van der Waals surface area contributed by atoms with Crippen LogP contribution in [-0.2, 0) is 11.3 Å². The highest BCUT2D eigenvalue weighted by Crippen LogP contribution is 2.02. The first-order chi connectivity index (χ1) is 10.1. The van der Waals surface area contributed by atoms with Crippen molar-refractivity contribution < 1.29 is 14.7 Å². The van der Waals surface area contributed by atoms with E-state index in [9.17, 15) is 9.59 Å². The molecule has 106 valence electrons. The minimum atomic E-state index is -1.07. The highest BCUT2D eigenvalue weighted by molar-refractivity contribution is 5.91. The zero-order valence-corrected chi connectivity index (χ0v) is 11.2. The van der Waals surface area contributed by atoms with Gasteiger partial charge < -0.3 is 10.4 Å². The van der Waals surface area contributed by atoms with Crippen molar-refractivity contribution >= 4 is 18.0 Å². The topological polar surface area (TPSA) is 79.3 Å². The fourth-order valence-corrected chi connectivity index (χ4v) is 1.64. The molecule has 5 nitrogen and oxygen atoms in total. The molecule has 0 bridgehead atoms. The average Bonchev–Trinajstić information content (AvgIpc) is 2.52. The molecule has 0 radical (unpaired) electrons. The number of nitrogens with zero attached hydrogens (tertiary/aromatic N) is 1. The number of aromatic nitrogens is 1. The molecule has 2 rings (SSSR count). The molecule has 1 aromatic carbocycles. The third kappa shape index (κ3) is 4.58. The normalized spacial score (nSPS) is 10.5. The van der Waals surface area contributed by atoms with Crippen molar-refractivity contribution in [2.24, 2.45) is 0 Å². The quantitative estimate of drug-likeness (QED) is 0.823. The molecule has 0 saturated carbocycles. The van der Waals surface area contributed by atoms with Gasteiger partial charge in [0.15, 0.2) is 0 Å². The first-order valence-electron chi connectivity index (χ1n) is 6.34. The van der Waals surface area contributed by atoms with Gasteiger partial charge in [-0.05, 0) is 23.3 Å². The molecule has 1 heterocycles. The van der Waals surface area contributed by atoms with Gasteiger partial charge in [-0.2, -0.15) is 0 Å². The molecule has 0 aliphatic rings. The van der Waals surface area contributed by atoms with E-state index in [2.05, 4.69) is 10.3 Å². The molecule has 0 aliphatic carbocycles. The highest BCUT2D eigenvalue weighted by atomic mass is 16.4. The maximum absolute atomic E-state index is 11.7. The molecule has 21 heavy (non-hydrogen) atoms. The van der Waals surface area contributed by atoms with Gasteiger partial charge in [-0.15, -0.1) is 0 Å². The molecular weight excluding hydrogens is 268 g/mol. The predicted molar refractivity (Wildman–Crippen MR) is 78.5 cm³/mol.